The zero-order valence-electron chi connectivity index (χ0n) is 14.8. The molecule has 0 aliphatic carbocycles. The summed E-state index contributed by atoms with van der Waals surface area (Å²) in [5.74, 6) is -1.63. The van der Waals surface area contributed by atoms with Crippen molar-refractivity contribution < 1.29 is 15.0 Å². The van der Waals surface area contributed by atoms with Gasteiger partial charge < -0.3 is 14.8 Å². The van der Waals surface area contributed by atoms with Crippen LogP contribution in [-0.2, 0) is 6.54 Å². The second kappa shape index (κ2) is 8.81. The van der Waals surface area contributed by atoms with Crippen LogP contribution >= 0.6 is 23.2 Å². The summed E-state index contributed by atoms with van der Waals surface area (Å²) in [6.45, 7) is 0.322. The zero-order chi connectivity index (χ0) is 21.0. The molecule has 3 rings (SSSR count). The number of amides is 1. The molecule has 1 heterocycles. The monoisotopic (exact) mass is 431 g/mol. The van der Waals surface area contributed by atoms with Crippen LogP contribution in [0.1, 0.15) is 21.5 Å². The normalized spacial score (nSPS) is 11.0. The van der Waals surface area contributed by atoms with Crippen molar-refractivity contribution in [3.8, 4) is 11.5 Å². The fourth-order valence-electron chi connectivity index (χ4n) is 2.55. The largest absolute Gasteiger partial charge is 0.506 e. The maximum absolute atomic E-state index is 12.6. The van der Waals surface area contributed by atoms with Gasteiger partial charge >= 0.3 is 0 Å². The van der Waals surface area contributed by atoms with Gasteiger partial charge in [-0.05, 0) is 23.8 Å². The lowest BCUT2D eigenvalue weighted by atomic mass is 10.2. The summed E-state index contributed by atoms with van der Waals surface area (Å²) in [6, 6.07) is 13.6. The summed E-state index contributed by atoms with van der Waals surface area (Å²) in [7, 11) is 0. The zero-order valence-corrected chi connectivity index (χ0v) is 16.4. The number of nitrogens with zero attached hydrogens (tertiary/aromatic N) is 2. The molecule has 7 nitrogen and oxygen atoms in total. The van der Waals surface area contributed by atoms with Gasteiger partial charge in [0.1, 0.15) is 16.3 Å². The third-order valence-corrected chi connectivity index (χ3v) is 4.67. The van der Waals surface area contributed by atoms with E-state index in [1.807, 2.05) is 30.3 Å². The van der Waals surface area contributed by atoms with Crippen molar-refractivity contribution >= 4 is 35.3 Å². The fourth-order valence-corrected chi connectivity index (χ4v) is 3.02. The summed E-state index contributed by atoms with van der Waals surface area (Å²) in [6.07, 6.45) is 2.68. The average Bonchev–Trinajstić information content (AvgIpc) is 2.72. The Labute approximate surface area is 175 Å². The first-order valence-electron chi connectivity index (χ1n) is 8.35. The number of phenolic OH excluding ortho intramolecular Hbond substituents is 2. The van der Waals surface area contributed by atoms with Crippen LogP contribution in [0.15, 0.2) is 64.6 Å². The number of hydrogen-bond donors (Lipinski definition) is 3. The van der Waals surface area contributed by atoms with Crippen molar-refractivity contribution in [2.75, 3.05) is 0 Å². The van der Waals surface area contributed by atoms with E-state index in [2.05, 4.69) is 10.5 Å². The topological polar surface area (TPSA) is 104 Å². The molecular formula is C20H15Cl2N3O4. The number of aromatic nitrogens is 1. The highest BCUT2D eigenvalue weighted by Gasteiger charge is 2.14. The van der Waals surface area contributed by atoms with Crippen molar-refractivity contribution in [1.29, 1.82) is 0 Å². The van der Waals surface area contributed by atoms with Gasteiger partial charge in [-0.1, -0.05) is 53.5 Å². The summed E-state index contributed by atoms with van der Waals surface area (Å²) >= 11 is 11.5. The summed E-state index contributed by atoms with van der Waals surface area (Å²) in [5.41, 5.74) is 2.65. The third kappa shape index (κ3) is 4.59. The number of pyridine rings is 1. The number of rotatable bonds is 5. The molecule has 1 aromatic heterocycles. The van der Waals surface area contributed by atoms with Crippen LogP contribution in [0, 0.1) is 0 Å². The molecule has 148 valence electrons. The highest BCUT2D eigenvalue weighted by atomic mass is 35.5. The van der Waals surface area contributed by atoms with Crippen LogP contribution in [0.3, 0.4) is 0 Å². The smallest absolute Gasteiger partial charge is 0.276 e. The van der Waals surface area contributed by atoms with Crippen molar-refractivity contribution in [2.45, 2.75) is 6.54 Å². The van der Waals surface area contributed by atoms with Gasteiger partial charge in [0.05, 0.1) is 17.8 Å². The Hall–Kier alpha value is -3.29. The number of nitrogens with one attached hydrogen (secondary N) is 1. The van der Waals surface area contributed by atoms with Crippen molar-refractivity contribution in [2.24, 2.45) is 5.10 Å². The van der Waals surface area contributed by atoms with E-state index < -0.39 is 23.0 Å². The van der Waals surface area contributed by atoms with Gasteiger partial charge in [-0.15, -0.1) is 0 Å². The predicted molar refractivity (Wildman–Crippen MR) is 111 cm³/mol. The maximum Gasteiger partial charge on any atom is 0.276 e. The first-order chi connectivity index (χ1) is 13.9. The number of carbonyl (C=O) groups excluding carboxylic acids is 1. The number of benzene rings is 2. The van der Waals surface area contributed by atoms with Crippen molar-refractivity contribution in [3.05, 3.63) is 91.8 Å². The van der Waals surface area contributed by atoms with Crippen molar-refractivity contribution in [3.63, 3.8) is 0 Å². The van der Waals surface area contributed by atoms with Gasteiger partial charge in [0.2, 0.25) is 0 Å². The average molecular weight is 432 g/mol. The molecule has 1 amide bonds. The Morgan fingerprint density at radius 2 is 1.83 bits per heavy atom. The lowest BCUT2D eigenvalue weighted by Crippen LogP contribution is -2.30. The Balaban J connectivity index is 1.77. The Morgan fingerprint density at radius 1 is 1.10 bits per heavy atom. The Morgan fingerprint density at radius 3 is 2.55 bits per heavy atom. The summed E-state index contributed by atoms with van der Waals surface area (Å²) in [5, 5.41) is 22.7. The molecule has 9 heteroatoms. The minimum absolute atomic E-state index is 0.0765. The number of phenols is 2. The lowest BCUT2D eigenvalue weighted by molar-refractivity contribution is 0.0953. The highest BCUT2D eigenvalue weighted by Crippen LogP contribution is 2.40. The molecule has 0 atom stereocenters. The number of aromatic hydroxyl groups is 2. The van der Waals surface area contributed by atoms with Gasteiger partial charge in [-0.2, -0.15) is 5.10 Å². The van der Waals surface area contributed by atoms with Crippen LogP contribution in [-0.4, -0.2) is 26.9 Å². The molecule has 0 spiro atoms. The van der Waals surface area contributed by atoms with Crippen LogP contribution in [0.4, 0.5) is 0 Å². The third-order valence-electron chi connectivity index (χ3n) is 4.03. The van der Waals surface area contributed by atoms with Gasteiger partial charge in [-0.25, -0.2) is 5.43 Å². The summed E-state index contributed by atoms with van der Waals surface area (Å²) in [4.78, 5) is 24.9. The van der Waals surface area contributed by atoms with Crippen LogP contribution in [0.25, 0.3) is 0 Å². The molecular weight excluding hydrogens is 417 g/mol. The van der Waals surface area contributed by atoms with Gasteiger partial charge in [0.25, 0.3) is 11.5 Å². The minimum Gasteiger partial charge on any atom is -0.506 e. The van der Waals surface area contributed by atoms with E-state index >= 15 is 0 Å². The van der Waals surface area contributed by atoms with Gasteiger partial charge in [-0.3, -0.25) is 9.59 Å². The van der Waals surface area contributed by atoms with E-state index in [9.17, 15) is 19.8 Å². The van der Waals surface area contributed by atoms with E-state index in [0.29, 0.717) is 6.54 Å². The van der Waals surface area contributed by atoms with Crippen LogP contribution in [0.2, 0.25) is 10.0 Å². The molecule has 0 aliphatic rings. The Bertz CT molecular complexity index is 1140. The quantitative estimate of drug-likeness (QED) is 0.425. The van der Waals surface area contributed by atoms with E-state index in [-0.39, 0.29) is 21.2 Å². The standard InChI is InChI=1S/C20H15Cl2N3O4/c21-15-9-13(17(26)16(22)18(15)27)10-23-24-19(28)14-7-4-8-25(20(14)29)11-12-5-2-1-3-6-12/h1-10,26-27H,11H2,(H,24,28)/b23-10-. The van der Waals surface area contributed by atoms with E-state index in [1.54, 1.807) is 12.3 Å². The first-order valence-corrected chi connectivity index (χ1v) is 9.10. The number of hydrogen-bond acceptors (Lipinski definition) is 5. The number of halogens is 2. The lowest BCUT2D eigenvalue weighted by Gasteiger charge is -2.08. The molecule has 3 N–H and O–H groups in total. The SMILES string of the molecule is O=C(N/N=C\c1cc(Cl)c(O)c(Cl)c1O)c1cccn(Cc2ccccc2)c1=O. The van der Waals surface area contributed by atoms with Crippen molar-refractivity contribution in [1.82, 2.24) is 9.99 Å². The second-order valence-electron chi connectivity index (χ2n) is 6.00. The molecule has 0 radical (unpaired) electrons. The molecule has 29 heavy (non-hydrogen) atoms. The number of hydrazone groups is 1. The second-order valence-corrected chi connectivity index (χ2v) is 6.78. The molecule has 0 unspecified atom stereocenters. The number of carbonyl (C=O) groups is 1. The van der Waals surface area contributed by atoms with Crippen LogP contribution < -0.4 is 11.0 Å². The van der Waals surface area contributed by atoms with Crippen LogP contribution in [0.5, 0.6) is 11.5 Å². The summed E-state index contributed by atoms with van der Waals surface area (Å²) < 4.78 is 1.42. The first kappa shape index (κ1) is 20.4. The molecule has 0 saturated heterocycles. The fraction of sp³-hybridized carbons (Fsp3) is 0.0500. The predicted octanol–water partition coefficient (Wildman–Crippen LogP) is 3.38. The molecule has 0 bridgehead atoms. The highest BCUT2D eigenvalue weighted by molar-refractivity contribution is 6.38. The van der Waals surface area contributed by atoms with Gasteiger partial charge in [0, 0.05) is 11.8 Å². The molecule has 3 aromatic rings. The Kier molecular flexibility index (Phi) is 6.21. The molecule has 0 fully saturated rings. The molecule has 2 aromatic carbocycles. The van der Waals surface area contributed by atoms with Gasteiger partial charge in [0.15, 0.2) is 5.75 Å². The maximum atomic E-state index is 12.6. The van der Waals surface area contributed by atoms with E-state index in [1.165, 1.54) is 16.7 Å². The molecule has 0 aliphatic heterocycles. The molecule has 0 saturated carbocycles. The van der Waals surface area contributed by atoms with E-state index in [4.69, 9.17) is 23.2 Å². The van der Waals surface area contributed by atoms with E-state index in [0.717, 1.165) is 11.8 Å². The minimum atomic E-state index is -0.718.